The molecule has 0 aliphatic rings. The molecule has 0 bridgehead atoms. The third kappa shape index (κ3) is 1.86. The van der Waals surface area contributed by atoms with Crippen LogP contribution in [-0.2, 0) is 0 Å². The maximum atomic E-state index is 15.0. The van der Waals surface area contributed by atoms with Crippen LogP contribution in [0.5, 0.6) is 0 Å². The lowest BCUT2D eigenvalue weighted by molar-refractivity contribution is 0.499. The summed E-state index contributed by atoms with van der Waals surface area (Å²) >= 11 is 0. The Labute approximate surface area is 133 Å². The van der Waals surface area contributed by atoms with Gasteiger partial charge in [0.25, 0.3) is 0 Å². The average molecular weight is 329 g/mol. The van der Waals surface area contributed by atoms with E-state index in [0.29, 0.717) is 11.0 Å². The normalized spacial score (nSPS) is 11.5. The molecular formula is C16H10F3N5. The van der Waals surface area contributed by atoms with Gasteiger partial charge in [-0.3, -0.25) is 4.57 Å². The maximum absolute atomic E-state index is 15.0. The van der Waals surface area contributed by atoms with Crippen LogP contribution in [0.4, 0.5) is 19.0 Å². The lowest BCUT2D eigenvalue weighted by atomic mass is 10.1. The first-order valence-corrected chi connectivity index (χ1v) is 7.01. The van der Waals surface area contributed by atoms with Gasteiger partial charge < -0.3 is 5.73 Å². The van der Waals surface area contributed by atoms with Crippen molar-refractivity contribution in [2.75, 3.05) is 5.73 Å². The van der Waals surface area contributed by atoms with Gasteiger partial charge in [0.05, 0.1) is 16.4 Å². The first-order valence-electron chi connectivity index (χ1n) is 7.01. The number of imidazole rings is 1. The number of anilines is 1. The standard InChI is InChI=1S/C16H10F3N5/c1-7-22-14-10(16(20)23-7)11(17)12(18)15(13(14)19)24-6-21-8-4-2-3-5-9(8)24/h2-6H,1H3,(H2,20,22,23). The van der Waals surface area contributed by atoms with Gasteiger partial charge in [0.2, 0.25) is 0 Å². The van der Waals surface area contributed by atoms with Gasteiger partial charge in [0.15, 0.2) is 17.5 Å². The lowest BCUT2D eigenvalue weighted by Crippen LogP contribution is -2.08. The second kappa shape index (κ2) is 4.92. The van der Waals surface area contributed by atoms with Crippen molar-refractivity contribution in [2.24, 2.45) is 0 Å². The number of hydrogen-bond donors (Lipinski definition) is 1. The lowest BCUT2D eigenvalue weighted by Gasteiger charge is -2.12. The van der Waals surface area contributed by atoms with Crippen LogP contribution in [0.25, 0.3) is 27.6 Å². The Balaban J connectivity index is 2.17. The van der Waals surface area contributed by atoms with Crippen molar-refractivity contribution in [3.05, 3.63) is 53.9 Å². The van der Waals surface area contributed by atoms with Gasteiger partial charge in [-0.1, -0.05) is 12.1 Å². The molecule has 120 valence electrons. The van der Waals surface area contributed by atoms with Crippen molar-refractivity contribution in [3.63, 3.8) is 0 Å². The Kier molecular flexibility index (Phi) is 2.96. The Bertz CT molecular complexity index is 1120. The summed E-state index contributed by atoms with van der Waals surface area (Å²) in [7, 11) is 0. The summed E-state index contributed by atoms with van der Waals surface area (Å²) in [6.07, 6.45) is 1.23. The smallest absolute Gasteiger partial charge is 0.186 e. The van der Waals surface area contributed by atoms with Crippen molar-refractivity contribution in [1.82, 2.24) is 19.5 Å². The fourth-order valence-electron chi connectivity index (χ4n) is 2.74. The van der Waals surface area contributed by atoms with E-state index in [9.17, 15) is 13.2 Å². The van der Waals surface area contributed by atoms with E-state index in [1.165, 1.54) is 13.3 Å². The van der Waals surface area contributed by atoms with E-state index in [-0.39, 0.29) is 17.2 Å². The first kappa shape index (κ1) is 14.4. The van der Waals surface area contributed by atoms with Crippen LogP contribution in [0, 0.1) is 24.4 Å². The average Bonchev–Trinajstić information content (AvgIpc) is 2.96. The van der Waals surface area contributed by atoms with Gasteiger partial charge in [-0.2, -0.15) is 0 Å². The predicted octanol–water partition coefficient (Wildman–Crippen LogP) is 3.28. The van der Waals surface area contributed by atoms with E-state index in [1.807, 2.05) is 0 Å². The fraction of sp³-hybridized carbons (Fsp3) is 0.0625. The summed E-state index contributed by atoms with van der Waals surface area (Å²) in [5.74, 6) is -3.84. The molecule has 2 aromatic carbocycles. The molecule has 0 spiro atoms. The summed E-state index contributed by atoms with van der Waals surface area (Å²) < 4.78 is 45.2. The molecule has 0 aliphatic heterocycles. The van der Waals surface area contributed by atoms with Crippen molar-refractivity contribution in [3.8, 4) is 5.69 Å². The van der Waals surface area contributed by atoms with Crippen molar-refractivity contribution in [1.29, 1.82) is 0 Å². The van der Waals surface area contributed by atoms with Crippen molar-refractivity contribution >= 4 is 27.8 Å². The molecule has 0 atom stereocenters. The zero-order valence-electron chi connectivity index (χ0n) is 12.4. The first-order chi connectivity index (χ1) is 11.5. The number of para-hydroxylation sites is 2. The van der Waals surface area contributed by atoms with Gasteiger partial charge in [0, 0.05) is 0 Å². The van der Waals surface area contributed by atoms with E-state index in [1.54, 1.807) is 24.3 Å². The van der Waals surface area contributed by atoms with E-state index in [4.69, 9.17) is 5.73 Å². The molecule has 2 heterocycles. The zero-order chi connectivity index (χ0) is 17.0. The number of aromatic nitrogens is 4. The van der Waals surface area contributed by atoms with Crippen LogP contribution in [0.15, 0.2) is 30.6 Å². The molecule has 4 aromatic rings. The summed E-state index contributed by atoms with van der Waals surface area (Å²) in [4.78, 5) is 11.7. The highest BCUT2D eigenvalue weighted by Gasteiger charge is 2.25. The van der Waals surface area contributed by atoms with Crippen LogP contribution < -0.4 is 5.73 Å². The quantitative estimate of drug-likeness (QED) is 0.544. The molecule has 0 radical (unpaired) electrons. The van der Waals surface area contributed by atoms with Crippen molar-refractivity contribution in [2.45, 2.75) is 6.92 Å². The zero-order valence-corrected chi connectivity index (χ0v) is 12.4. The molecule has 2 N–H and O–H groups in total. The Morgan fingerprint density at radius 3 is 2.54 bits per heavy atom. The van der Waals surface area contributed by atoms with E-state index < -0.39 is 28.5 Å². The van der Waals surface area contributed by atoms with Gasteiger partial charge in [0.1, 0.15) is 29.2 Å². The van der Waals surface area contributed by atoms with Crippen LogP contribution in [0.1, 0.15) is 5.82 Å². The minimum atomic E-state index is -1.37. The third-order valence-corrected chi connectivity index (χ3v) is 3.78. The largest absolute Gasteiger partial charge is 0.383 e. The second-order valence-electron chi connectivity index (χ2n) is 5.27. The minimum Gasteiger partial charge on any atom is -0.383 e. The number of nitrogens with zero attached hydrogens (tertiary/aromatic N) is 4. The highest BCUT2D eigenvalue weighted by Crippen LogP contribution is 2.33. The van der Waals surface area contributed by atoms with E-state index in [0.717, 1.165) is 4.57 Å². The number of nitrogen functional groups attached to an aromatic ring is 1. The summed E-state index contributed by atoms with van der Waals surface area (Å²) in [5.41, 5.74) is 5.61. The molecule has 0 fully saturated rings. The number of benzene rings is 2. The van der Waals surface area contributed by atoms with Crippen molar-refractivity contribution < 1.29 is 13.2 Å². The summed E-state index contributed by atoms with van der Waals surface area (Å²) in [6.45, 7) is 1.49. The van der Waals surface area contributed by atoms with Gasteiger partial charge in [-0.25, -0.2) is 28.1 Å². The Hall–Kier alpha value is -3.16. The van der Waals surface area contributed by atoms with E-state index >= 15 is 0 Å². The monoisotopic (exact) mass is 329 g/mol. The number of hydrogen-bond acceptors (Lipinski definition) is 4. The number of aryl methyl sites for hydroxylation is 1. The predicted molar refractivity (Wildman–Crippen MR) is 83.2 cm³/mol. The molecule has 24 heavy (non-hydrogen) atoms. The molecule has 4 rings (SSSR count). The molecular weight excluding hydrogens is 319 g/mol. The molecule has 5 nitrogen and oxygen atoms in total. The Morgan fingerprint density at radius 1 is 1.00 bits per heavy atom. The number of halogens is 3. The van der Waals surface area contributed by atoms with Gasteiger partial charge in [-0.05, 0) is 19.1 Å². The molecule has 0 amide bonds. The van der Waals surface area contributed by atoms with Crippen LogP contribution in [-0.4, -0.2) is 19.5 Å². The third-order valence-electron chi connectivity index (χ3n) is 3.78. The molecule has 0 unspecified atom stereocenters. The topological polar surface area (TPSA) is 69.6 Å². The number of fused-ring (bicyclic) bond motifs is 2. The van der Waals surface area contributed by atoms with Gasteiger partial charge >= 0.3 is 0 Å². The number of nitrogens with two attached hydrogens (primary N) is 1. The SMILES string of the molecule is Cc1nc(N)c2c(F)c(F)c(-n3cnc4ccccc43)c(F)c2n1. The van der Waals surface area contributed by atoms with Crippen LogP contribution in [0.3, 0.4) is 0 Å². The molecule has 8 heteroatoms. The second-order valence-corrected chi connectivity index (χ2v) is 5.27. The molecule has 2 aromatic heterocycles. The fourth-order valence-corrected chi connectivity index (χ4v) is 2.74. The van der Waals surface area contributed by atoms with Crippen LogP contribution >= 0.6 is 0 Å². The molecule has 0 aliphatic carbocycles. The Morgan fingerprint density at radius 2 is 1.75 bits per heavy atom. The minimum absolute atomic E-state index is 0.159. The highest BCUT2D eigenvalue weighted by atomic mass is 19.2. The summed E-state index contributed by atoms with van der Waals surface area (Å²) in [5, 5.41) is -0.469. The molecule has 0 saturated heterocycles. The maximum Gasteiger partial charge on any atom is 0.186 e. The van der Waals surface area contributed by atoms with Gasteiger partial charge in [-0.15, -0.1) is 0 Å². The van der Waals surface area contributed by atoms with Crippen LogP contribution in [0.2, 0.25) is 0 Å². The summed E-state index contributed by atoms with van der Waals surface area (Å²) in [6, 6.07) is 6.74. The molecule has 0 saturated carbocycles. The number of rotatable bonds is 1. The highest BCUT2D eigenvalue weighted by molar-refractivity contribution is 5.91. The van der Waals surface area contributed by atoms with E-state index in [2.05, 4.69) is 15.0 Å².